The van der Waals surface area contributed by atoms with Crippen molar-refractivity contribution in [1.29, 1.82) is 0 Å². The van der Waals surface area contributed by atoms with Gasteiger partial charge in [0.25, 0.3) is 5.56 Å². The van der Waals surface area contributed by atoms with Crippen LogP contribution in [0.2, 0.25) is 0 Å². The van der Waals surface area contributed by atoms with Gasteiger partial charge in [0.15, 0.2) is 0 Å². The summed E-state index contributed by atoms with van der Waals surface area (Å²) in [5.41, 5.74) is -0.764. The lowest BCUT2D eigenvalue weighted by molar-refractivity contribution is -0.120. The Labute approximate surface area is 123 Å². The Kier molecular flexibility index (Phi) is 4.50. The van der Waals surface area contributed by atoms with E-state index in [-0.39, 0.29) is 29.8 Å². The van der Waals surface area contributed by atoms with Crippen LogP contribution in [0, 0.1) is 18.6 Å². The molecule has 0 fully saturated rings. The van der Waals surface area contributed by atoms with Crippen molar-refractivity contribution in [2.24, 2.45) is 0 Å². The first-order valence-corrected chi connectivity index (χ1v) is 6.39. The molecule has 116 valence electrons. The highest BCUT2D eigenvalue weighted by atomic mass is 19.1. The van der Waals surface area contributed by atoms with Crippen LogP contribution in [0.3, 0.4) is 0 Å². The van der Waals surface area contributed by atoms with E-state index in [1.54, 1.807) is 0 Å². The molecule has 0 spiro atoms. The number of rotatable bonds is 4. The quantitative estimate of drug-likeness (QED) is 0.768. The van der Waals surface area contributed by atoms with Crippen LogP contribution in [0.1, 0.15) is 16.8 Å². The third-order valence-corrected chi connectivity index (χ3v) is 3.08. The molecule has 0 radical (unpaired) electrons. The van der Waals surface area contributed by atoms with Gasteiger partial charge in [0.2, 0.25) is 5.91 Å². The highest BCUT2D eigenvalue weighted by Gasteiger charge is 2.12. The van der Waals surface area contributed by atoms with E-state index in [4.69, 9.17) is 0 Å². The molecule has 0 aliphatic heterocycles. The lowest BCUT2D eigenvalue weighted by Crippen LogP contribution is -2.32. The molecule has 2 rings (SSSR count). The van der Waals surface area contributed by atoms with Crippen LogP contribution >= 0.6 is 0 Å². The Morgan fingerprint density at radius 3 is 2.59 bits per heavy atom. The van der Waals surface area contributed by atoms with E-state index in [1.807, 2.05) is 4.98 Å². The van der Waals surface area contributed by atoms with Gasteiger partial charge in [-0.3, -0.25) is 14.6 Å². The summed E-state index contributed by atoms with van der Waals surface area (Å²) in [6.07, 6.45) is -0.263. The Morgan fingerprint density at radius 1 is 1.23 bits per heavy atom. The zero-order valence-corrected chi connectivity index (χ0v) is 11.6. The van der Waals surface area contributed by atoms with Crippen LogP contribution in [0.15, 0.2) is 27.8 Å². The maximum absolute atomic E-state index is 13.4. The second-order valence-electron chi connectivity index (χ2n) is 4.70. The highest BCUT2D eigenvalue weighted by Crippen LogP contribution is 2.09. The third-order valence-electron chi connectivity index (χ3n) is 3.08. The second-order valence-corrected chi connectivity index (χ2v) is 4.70. The van der Waals surface area contributed by atoms with Gasteiger partial charge >= 0.3 is 5.69 Å². The minimum absolute atomic E-state index is 0.122. The van der Waals surface area contributed by atoms with E-state index in [0.717, 1.165) is 12.1 Å². The molecule has 0 unspecified atom stereocenters. The molecule has 1 aromatic carbocycles. The van der Waals surface area contributed by atoms with Gasteiger partial charge in [-0.05, 0) is 13.0 Å². The van der Waals surface area contributed by atoms with Crippen LogP contribution in [0.5, 0.6) is 0 Å². The standard InChI is InChI=1S/C14H13F2N3O3/c1-7-10(13(21)19-14(22)18-7)5-12(20)17-6-8-2-3-9(15)4-11(8)16/h2-4H,5-6H2,1H3,(H,17,20)(H2,18,19,21,22). The molecule has 2 aromatic rings. The lowest BCUT2D eigenvalue weighted by atomic mass is 10.1. The van der Waals surface area contributed by atoms with Gasteiger partial charge in [-0.15, -0.1) is 0 Å². The summed E-state index contributed by atoms with van der Waals surface area (Å²) in [5, 5.41) is 2.43. The summed E-state index contributed by atoms with van der Waals surface area (Å²) >= 11 is 0. The molecule has 22 heavy (non-hydrogen) atoms. The van der Waals surface area contributed by atoms with Gasteiger partial charge in [0.05, 0.1) is 6.42 Å². The van der Waals surface area contributed by atoms with Crippen LogP contribution < -0.4 is 16.6 Å². The Bertz CT molecular complexity index is 827. The smallest absolute Gasteiger partial charge is 0.325 e. The highest BCUT2D eigenvalue weighted by molar-refractivity contribution is 5.78. The van der Waals surface area contributed by atoms with E-state index in [1.165, 1.54) is 13.0 Å². The minimum atomic E-state index is -0.765. The molecule has 0 atom stereocenters. The average Bonchev–Trinajstić information content (AvgIpc) is 2.42. The minimum Gasteiger partial charge on any atom is -0.352 e. The van der Waals surface area contributed by atoms with E-state index < -0.39 is 28.8 Å². The SMILES string of the molecule is Cc1[nH]c(=O)[nH]c(=O)c1CC(=O)NCc1ccc(F)cc1F. The molecule has 1 amide bonds. The van der Waals surface area contributed by atoms with E-state index in [2.05, 4.69) is 10.3 Å². The third kappa shape index (κ3) is 3.66. The molecule has 0 bridgehead atoms. The maximum Gasteiger partial charge on any atom is 0.325 e. The zero-order chi connectivity index (χ0) is 16.3. The van der Waals surface area contributed by atoms with Crippen molar-refractivity contribution >= 4 is 5.91 Å². The number of benzene rings is 1. The molecule has 3 N–H and O–H groups in total. The number of aromatic amines is 2. The number of halogens is 2. The molecular formula is C14H13F2N3O3. The Morgan fingerprint density at radius 2 is 1.95 bits per heavy atom. The number of carbonyl (C=O) groups excluding carboxylic acids is 1. The number of aromatic nitrogens is 2. The monoisotopic (exact) mass is 309 g/mol. The van der Waals surface area contributed by atoms with Crippen molar-refractivity contribution in [1.82, 2.24) is 15.3 Å². The molecule has 0 saturated heterocycles. The molecule has 0 saturated carbocycles. The predicted molar refractivity (Wildman–Crippen MR) is 74.3 cm³/mol. The van der Waals surface area contributed by atoms with Crippen molar-refractivity contribution < 1.29 is 13.6 Å². The summed E-state index contributed by atoms with van der Waals surface area (Å²) in [7, 11) is 0. The molecule has 8 heteroatoms. The van der Waals surface area contributed by atoms with Crippen molar-refractivity contribution in [3.8, 4) is 0 Å². The number of aryl methyl sites for hydroxylation is 1. The fourth-order valence-corrected chi connectivity index (χ4v) is 1.92. The number of carbonyl (C=O) groups is 1. The van der Waals surface area contributed by atoms with Gasteiger partial charge in [-0.1, -0.05) is 6.07 Å². The van der Waals surface area contributed by atoms with Gasteiger partial charge in [0, 0.05) is 29.4 Å². The molecule has 6 nitrogen and oxygen atoms in total. The van der Waals surface area contributed by atoms with E-state index >= 15 is 0 Å². The van der Waals surface area contributed by atoms with Gasteiger partial charge < -0.3 is 10.3 Å². The summed E-state index contributed by atoms with van der Waals surface area (Å²) in [6.45, 7) is 1.37. The van der Waals surface area contributed by atoms with Gasteiger partial charge in [0.1, 0.15) is 11.6 Å². The fraction of sp³-hybridized carbons (Fsp3) is 0.214. The number of H-pyrrole nitrogens is 2. The maximum atomic E-state index is 13.4. The lowest BCUT2D eigenvalue weighted by Gasteiger charge is -2.07. The Hall–Kier alpha value is -2.77. The average molecular weight is 309 g/mol. The summed E-state index contributed by atoms with van der Waals surface area (Å²) in [6, 6.07) is 3.03. The molecule has 0 aliphatic carbocycles. The molecular weight excluding hydrogens is 296 g/mol. The van der Waals surface area contributed by atoms with Crippen LogP contribution in [-0.4, -0.2) is 15.9 Å². The molecule has 1 heterocycles. The van der Waals surface area contributed by atoms with Gasteiger partial charge in [-0.25, -0.2) is 13.6 Å². The van der Waals surface area contributed by atoms with Crippen LogP contribution in [-0.2, 0) is 17.8 Å². The second kappa shape index (κ2) is 6.33. The molecule has 1 aromatic heterocycles. The number of amides is 1. The van der Waals surface area contributed by atoms with E-state index in [0.29, 0.717) is 0 Å². The van der Waals surface area contributed by atoms with Crippen molar-refractivity contribution in [2.45, 2.75) is 19.9 Å². The first kappa shape index (κ1) is 15.6. The van der Waals surface area contributed by atoms with Crippen molar-refractivity contribution in [2.75, 3.05) is 0 Å². The van der Waals surface area contributed by atoms with E-state index in [9.17, 15) is 23.2 Å². The number of hydrogen-bond acceptors (Lipinski definition) is 3. The molecule has 0 aliphatic rings. The Balaban J connectivity index is 2.05. The largest absolute Gasteiger partial charge is 0.352 e. The van der Waals surface area contributed by atoms with Crippen molar-refractivity contribution in [3.05, 3.63) is 67.5 Å². The first-order chi connectivity index (χ1) is 10.4. The fourth-order valence-electron chi connectivity index (χ4n) is 1.92. The zero-order valence-electron chi connectivity index (χ0n) is 11.6. The summed E-state index contributed by atoms with van der Waals surface area (Å²) in [4.78, 5) is 38.9. The van der Waals surface area contributed by atoms with Crippen molar-refractivity contribution in [3.63, 3.8) is 0 Å². The van der Waals surface area contributed by atoms with Gasteiger partial charge in [-0.2, -0.15) is 0 Å². The normalized spacial score (nSPS) is 10.5. The number of hydrogen-bond donors (Lipinski definition) is 3. The number of nitrogens with one attached hydrogen (secondary N) is 3. The van der Waals surface area contributed by atoms with Crippen LogP contribution in [0.4, 0.5) is 8.78 Å². The topological polar surface area (TPSA) is 94.8 Å². The summed E-state index contributed by atoms with van der Waals surface area (Å²) < 4.78 is 26.2. The summed E-state index contributed by atoms with van der Waals surface area (Å²) in [5.74, 6) is -1.99. The predicted octanol–water partition coefficient (Wildman–Crippen LogP) is 0.509. The van der Waals surface area contributed by atoms with Crippen LogP contribution in [0.25, 0.3) is 0 Å². The first-order valence-electron chi connectivity index (χ1n) is 6.39.